The van der Waals surface area contributed by atoms with Gasteiger partial charge in [0.2, 0.25) is 0 Å². The highest BCUT2D eigenvalue weighted by molar-refractivity contribution is 7.09. The minimum absolute atomic E-state index is 0.717. The lowest BCUT2D eigenvalue weighted by Crippen LogP contribution is -1.96. The van der Waals surface area contributed by atoms with E-state index in [-0.39, 0.29) is 0 Å². The summed E-state index contributed by atoms with van der Waals surface area (Å²) in [5.74, 6) is 3.08. The van der Waals surface area contributed by atoms with Crippen molar-refractivity contribution in [2.75, 3.05) is 0 Å². The highest BCUT2D eigenvalue weighted by Gasteiger charge is 2.05. The zero-order valence-electron chi connectivity index (χ0n) is 18.4. The van der Waals surface area contributed by atoms with Gasteiger partial charge < -0.3 is 0 Å². The van der Waals surface area contributed by atoms with Crippen LogP contribution in [0.5, 0.6) is 0 Å². The molecule has 1 nitrogen and oxygen atoms in total. The Morgan fingerprint density at radius 3 is 2.00 bits per heavy atom. The lowest BCUT2D eigenvalue weighted by atomic mass is 10.0. The summed E-state index contributed by atoms with van der Waals surface area (Å²) in [6, 6.07) is 0. The highest BCUT2D eigenvalue weighted by atomic mass is 32.1. The van der Waals surface area contributed by atoms with E-state index in [0.29, 0.717) is 5.92 Å². The number of rotatable bonds is 9. The Hall–Kier alpha value is -0.630. The quantitative estimate of drug-likeness (QED) is 0.404. The predicted octanol–water partition coefficient (Wildman–Crippen LogP) is 7.96. The van der Waals surface area contributed by atoms with Crippen molar-refractivity contribution >= 4 is 11.3 Å². The standard InChI is InChI=1S/C12H24.C11H19NS/c1-10(2)6-8-12(5)9-7-11(3)4;1-8(2)5-10-7-13-11(12-10)6-9(3)4/h8,10-11H,6-7,9H2,1-5H3;7-9H,5-6H2,1-4H3/b12-8+;. The van der Waals surface area contributed by atoms with Crippen molar-refractivity contribution in [3.63, 3.8) is 0 Å². The van der Waals surface area contributed by atoms with E-state index >= 15 is 0 Å². The molecule has 0 amide bonds. The maximum Gasteiger partial charge on any atom is 0.0930 e. The average molecular weight is 366 g/mol. The highest BCUT2D eigenvalue weighted by Crippen LogP contribution is 2.16. The zero-order chi connectivity index (χ0) is 19.4. The van der Waals surface area contributed by atoms with E-state index in [1.54, 1.807) is 5.57 Å². The first-order valence-corrected chi connectivity index (χ1v) is 11.1. The van der Waals surface area contributed by atoms with Crippen molar-refractivity contribution < 1.29 is 0 Å². The summed E-state index contributed by atoms with van der Waals surface area (Å²) in [7, 11) is 0. The Balaban J connectivity index is 0.000000463. The minimum Gasteiger partial charge on any atom is -0.246 e. The van der Waals surface area contributed by atoms with Gasteiger partial charge in [-0.1, -0.05) is 67.0 Å². The third kappa shape index (κ3) is 15.3. The van der Waals surface area contributed by atoms with Crippen LogP contribution in [0.2, 0.25) is 0 Å². The molecule has 0 saturated carbocycles. The smallest absolute Gasteiger partial charge is 0.0930 e. The second-order valence-corrected chi connectivity index (χ2v) is 9.98. The van der Waals surface area contributed by atoms with Crippen molar-refractivity contribution in [1.29, 1.82) is 0 Å². The van der Waals surface area contributed by atoms with Gasteiger partial charge in [0.15, 0.2) is 0 Å². The van der Waals surface area contributed by atoms with Gasteiger partial charge in [0.05, 0.1) is 10.7 Å². The van der Waals surface area contributed by atoms with Gasteiger partial charge >= 0.3 is 0 Å². The summed E-state index contributed by atoms with van der Waals surface area (Å²) in [6.07, 6.45) is 8.50. The van der Waals surface area contributed by atoms with Gasteiger partial charge in [-0.15, -0.1) is 11.3 Å². The number of allylic oxidation sites excluding steroid dienone is 2. The first-order valence-electron chi connectivity index (χ1n) is 10.2. The lowest BCUT2D eigenvalue weighted by molar-refractivity contribution is 0.581. The molecule has 0 aliphatic rings. The van der Waals surface area contributed by atoms with E-state index < -0.39 is 0 Å². The van der Waals surface area contributed by atoms with Crippen LogP contribution in [0.4, 0.5) is 0 Å². The fourth-order valence-electron chi connectivity index (χ4n) is 2.36. The molecule has 0 atom stereocenters. The Bertz CT molecular complexity index is 442. The lowest BCUT2D eigenvalue weighted by Gasteiger charge is -2.05. The van der Waals surface area contributed by atoms with Gasteiger partial charge in [0, 0.05) is 11.8 Å². The normalized spacial score (nSPS) is 12.3. The summed E-state index contributed by atoms with van der Waals surface area (Å²) < 4.78 is 0. The Labute approximate surface area is 162 Å². The van der Waals surface area contributed by atoms with Crippen molar-refractivity contribution in [1.82, 2.24) is 4.98 Å². The molecule has 0 bridgehead atoms. The maximum absolute atomic E-state index is 4.61. The fraction of sp³-hybridized carbons (Fsp3) is 0.783. The molecule has 1 rings (SSSR count). The van der Waals surface area contributed by atoms with E-state index in [9.17, 15) is 0 Å². The molecule has 25 heavy (non-hydrogen) atoms. The summed E-state index contributed by atoms with van der Waals surface area (Å²) in [5, 5.41) is 3.50. The average Bonchev–Trinajstić information content (AvgIpc) is 2.88. The molecule has 0 spiro atoms. The van der Waals surface area contributed by atoms with Gasteiger partial charge in [-0.25, -0.2) is 4.98 Å². The van der Waals surface area contributed by atoms with Crippen molar-refractivity contribution in [2.45, 2.75) is 94.4 Å². The number of hydrogen-bond donors (Lipinski definition) is 0. The Kier molecular flexibility index (Phi) is 13.2. The van der Waals surface area contributed by atoms with Crippen LogP contribution in [-0.4, -0.2) is 4.98 Å². The van der Waals surface area contributed by atoms with E-state index in [1.165, 1.54) is 30.0 Å². The molecule has 0 N–H and O–H groups in total. The molecule has 0 fully saturated rings. The molecule has 0 aliphatic carbocycles. The van der Waals surface area contributed by atoms with Crippen LogP contribution >= 0.6 is 11.3 Å². The summed E-state index contributed by atoms with van der Waals surface area (Å²) in [5.41, 5.74) is 2.84. The fourth-order valence-corrected chi connectivity index (χ4v) is 3.38. The first-order chi connectivity index (χ1) is 11.6. The topological polar surface area (TPSA) is 12.9 Å². The van der Waals surface area contributed by atoms with Crippen LogP contribution in [0.15, 0.2) is 17.0 Å². The first kappa shape index (κ1) is 24.4. The zero-order valence-corrected chi connectivity index (χ0v) is 19.2. The van der Waals surface area contributed by atoms with Crippen molar-refractivity contribution in [2.24, 2.45) is 23.7 Å². The summed E-state index contributed by atoms with van der Waals surface area (Å²) in [4.78, 5) is 4.61. The minimum atomic E-state index is 0.717. The number of aromatic nitrogens is 1. The molecule has 1 heterocycles. The van der Waals surface area contributed by atoms with Crippen LogP contribution in [0, 0.1) is 23.7 Å². The molecule has 1 aromatic rings. The maximum atomic E-state index is 4.61. The largest absolute Gasteiger partial charge is 0.246 e. The number of hydrogen-bond acceptors (Lipinski definition) is 2. The van der Waals surface area contributed by atoms with Crippen LogP contribution in [0.1, 0.15) is 92.3 Å². The van der Waals surface area contributed by atoms with E-state index in [4.69, 9.17) is 0 Å². The van der Waals surface area contributed by atoms with Crippen LogP contribution < -0.4 is 0 Å². The molecule has 0 saturated heterocycles. The molecule has 2 heteroatoms. The van der Waals surface area contributed by atoms with Crippen LogP contribution in [-0.2, 0) is 12.8 Å². The summed E-state index contributed by atoms with van der Waals surface area (Å²) >= 11 is 1.81. The molecule has 146 valence electrons. The van der Waals surface area contributed by atoms with E-state index in [0.717, 1.165) is 30.6 Å². The summed E-state index contributed by atoms with van der Waals surface area (Å²) in [6.45, 7) is 20.3. The molecular formula is C23H43NS. The Morgan fingerprint density at radius 2 is 1.52 bits per heavy atom. The van der Waals surface area contributed by atoms with Crippen LogP contribution in [0.25, 0.3) is 0 Å². The third-order valence-electron chi connectivity index (χ3n) is 3.85. The number of nitrogens with zero attached hydrogens (tertiary/aromatic N) is 1. The molecular weight excluding hydrogens is 322 g/mol. The van der Waals surface area contributed by atoms with Gasteiger partial charge in [0.1, 0.15) is 0 Å². The molecule has 1 aromatic heterocycles. The third-order valence-corrected chi connectivity index (χ3v) is 4.77. The van der Waals surface area contributed by atoms with E-state index in [2.05, 4.69) is 78.8 Å². The van der Waals surface area contributed by atoms with Gasteiger partial charge in [-0.3, -0.25) is 0 Å². The molecule has 0 unspecified atom stereocenters. The molecule has 0 aromatic carbocycles. The van der Waals surface area contributed by atoms with Crippen molar-refractivity contribution in [3.8, 4) is 0 Å². The number of thiazole rings is 1. The van der Waals surface area contributed by atoms with Crippen molar-refractivity contribution in [3.05, 3.63) is 27.7 Å². The second kappa shape index (κ2) is 13.6. The van der Waals surface area contributed by atoms with Gasteiger partial charge in [-0.2, -0.15) is 0 Å². The Morgan fingerprint density at radius 1 is 0.920 bits per heavy atom. The van der Waals surface area contributed by atoms with Gasteiger partial charge in [-0.05, 0) is 56.3 Å². The molecule has 0 radical (unpaired) electrons. The SMILES string of the molecule is C/C(=C\CC(C)C)CCC(C)C.CC(C)Cc1csc(CC(C)C)n1. The molecule has 0 aliphatic heterocycles. The second-order valence-electron chi connectivity index (χ2n) is 9.04. The van der Waals surface area contributed by atoms with Crippen LogP contribution in [0.3, 0.4) is 0 Å². The van der Waals surface area contributed by atoms with E-state index in [1.807, 2.05) is 11.3 Å². The van der Waals surface area contributed by atoms with Gasteiger partial charge in [0.25, 0.3) is 0 Å². The monoisotopic (exact) mass is 365 g/mol. The predicted molar refractivity (Wildman–Crippen MR) is 116 cm³/mol.